The lowest BCUT2D eigenvalue weighted by Crippen LogP contribution is -2.13. The third-order valence-electron chi connectivity index (χ3n) is 4.44. The monoisotopic (exact) mass is 459 g/mol. The number of aryl methyl sites for hydroxylation is 1. The van der Waals surface area contributed by atoms with Crippen molar-refractivity contribution in [2.45, 2.75) is 25.6 Å². The molecule has 0 aliphatic heterocycles. The van der Waals surface area contributed by atoms with Gasteiger partial charge in [-0.1, -0.05) is 11.6 Å². The van der Waals surface area contributed by atoms with Gasteiger partial charge in [0.2, 0.25) is 0 Å². The topological polar surface area (TPSA) is 51.5 Å². The van der Waals surface area contributed by atoms with Crippen LogP contribution in [0.3, 0.4) is 0 Å². The second kappa shape index (κ2) is 8.97. The fourth-order valence-electron chi connectivity index (χ4n) is 3.00. The summed E-state index contributed by atoms with van der Waals surface area (Å²) in [5.41, 5.74) is -0.932. The van der Waals surface area contributed by atoms with E-state index in [4.69, 9.17) is 21.4 Å². The number of aliphatic carboxylic acids is 1. The molecule has 3 aromatic rings. The zero-order valence-corrected chi connectivity index (χ0v) is 16.5. The highest BCUT2D eigenvalue weighted by molar-refractivity contribution is 6.30. The lowest BCUT2D eigenvalue weighted by atomic mass is 10.1. The van der Waals surface area contributed by atoms with Crippen molar-refractivity contribution in [2.75, 3.05) is 0 Å². The van der Waals surface area contributed by atoms with E-state index in [0.29, 0.717) is 10.7 Å². The highest BCUT2D eigenvalue weighted by atomic mass is 35.5. The third-order valence-corrected chi connectivity index (χ3v) is 4.69. The molecule has 2 aromatic carbocycles. The van der Waals surface area contributed by atoms with Gasteiger partial charge in [0.15, 0.2) is 17.4 Å². The molecule has 10 heteroatoms. The highest BCUT2D eigenvalue weighted by Crippen LogP contribution is 2.35. The Bertz CT molecular complexity index is 1070. The third kappa shape index (κ3) is 5.35. The molecular weight excluding hydrogens is 445 g/mol. The molecule has 4 nitrogen and oxygen atoms in total. The van der Waals surface area contributed by atoms with Crippen molar-refractivity contribution in [1.29, 1.82) is 0 Å². The number of aromatic nitrogens is 1. The average Bonchev–Trinajstić information content (AvgIpc) is 3.10. The minimum absolute atomic E-state index is 0.0882. The van der Waals surface area contributed by atoms with E-state index in [9.17, 15) is 26.7 Å². The first-order valence-corrected chi connectivity index (χ1v) is 9.30. The van der Waals surface area contributed by atoms with Crippen LogP contribution in [0, 0.1) is 11.6 Å². The number of hydrogen-bond donors (Lipinski definition) is 1. The number of halogens is 6. The van der Waals surface area contributed by atoms with Gasteiger partial charge in [-0.3, -0.25) is 4.79 Å². The van der Waals surface area contributed by atoms with Gasteiger partial charge in [0.25, 0.3) is 0 Å². The predicted molar refractivity (Wildman–Crippen MR) is 102 cm³/mol. The summed E-state index contributed by atoms with van der Waals surface area (Å²) in [6.07, 6.45) is -3.98. The first kappa shape index (κ1) is 22.6. The highest BCUT2D eigenvalue weighted by Gasteiger charge is 2.36. The van der Waals surface area contributed by atoms with Crippen LogP contribution < -0.4 is 4.74 Å². The molecule has 0 saturated carbocycles. The van der Waals surface area contributed by atoms with E-state index in [1.165, 1.54) is 35.0 Å². The van der Waals surface area contributed by atoms with Crippen LogP contribution in [-0.4, -0.2) is 15.6 Å². The molecule has 1 heterocycles. The Morgan fingerprint density at radius 3 is 2.23 bits per heavy atom. The largest absolute Gasteiger partial charge is 0.481 e. The Labute approximate surface area is 178 Å². The molecule has 0 radical (unpaired) electrons. The van der Waals surface area contributed by atoms with E-state index in [1.807, 2.05) is 0 Å². The quantitative estimate of drug-likeness (QED) is 0.439. The van der Waals surface area contributed by atoms with Gasteiger partial charge in [-0.25, -0.2) is 8.78 Å². The Morgan fingerprint density at radius 2 is 1.68 bits per heavy atom. The van der Waals surface area contributed by atoms with Crippen LogP contribution in [0.4, 0.5) is 22.0 Å². The number of alkyl halides is 3. The van der Waals surface area contributed by atoms with Gasteiger partial charge in [0.05, 0.1) is 11.3 Å². The average molecular weight is 460 g/mol. The number of carboxylic acid groups (broad SMARTS) is 1. The summed E-state index contributed by atoms with van der Waals surface area (Å²) in [6, 6.07) is 8.59. The number of ether oxygens (including phenoxy) is 1. The molecule has 3 rings (SSSR count). The summed E-state index contributed by atoms with van der Waals surface area (Å²) in [4.78, 5) is 10.6. The lowest BCUT2D eigenvalue weighted by molar-refractivity contribution is -0.139. The maximum absolute atomic E-state index is 14.3. The van der Waals surface area contributed by atoms with Crippen molar-refractivity contribution in [1.82, 2.24) is 4.57 Å². The van der Waals surface area contributed by atoms with Gasteiger partial charge in [0, 0.05) is 23.3 Å². The fourth-order valence-corrected chi connectivity index (χ4v) is 3.13. The maximum atomic E-state index is 14.3. The van der Waals surface area contributed by atoms with E-state index in [1.54, 1.807) is 0 Å². The van der Waals surface area contributed by atoms with E-state index in [2.05, 4.69) is 0 Å². The zero-order chi connectivity index (χ0) is 22.8. The SMILES string of the molecule is O=C(O)CCc1cc(F)c(OCc2c(C(F)(F)F)ccn2-c2ccc(Cl)cc2)c(F)c1. The molecule has 0 aliphatic rings. The number of rotatable bonds is 7. The Kier molecular flexibility index (Phi) is 6.54. The summed E-state index contributed by atoms with van der Waals surface area (Å²) < 4.78 is 75.2. The number of benzene rings is 2. The van der Waals surface area contributed by atoms with E-state index >= 15 is 0 Å². The van der Waals surface area contributed by atoms with Crippen molar-refractivity contribution < 1.29 is 36.6 Å². The second-order valence-corrected chi connectivity index (χ2v) is 7.03. The smallest absolute Gasteiger partial charge is 0.418 e. The molecular formula is C21H15ClF5NO3. The first-order valence-electron chi connectivity index (χ1n) is 8.92. The molecule has 164 valence electrons. The van der Waals surface area contributed by atoms with Crippen molar-refractivity contribution in [3.05, 3.63) is 82.1 Å². The molecule has 0 amide bonds. The molecule has 1 aromatic heterocycles. The Hall–Kier alpha value is -3.07. The zero-order valence-electron chi connectivity index (χ0n) is 15.7. The van der Waals surface area contributed by atoms with Gasteiger partial charge < -0.3 is 14.4 Å². The molecule has 1 N–H and O–H groups in total. The van der Waals surface area contributed by atoms with Crippen molar-refractivity contribution in [2.24, 2.45) is 0 Å². The fraction of sp³-hybridized carbons (Fsp3) is 0.190. The summed E-state index contributed by atoms with van der Waals surface area (Å²) in [5.74, 6) is -4.27. The number of nitrogens with zero attached hydrogens (tertiary/aromatic N) is 1. The van der Waals surface area contributed by atoms with Crippen LogP contribution in [0.25, 0.3) is 5.69 Å². The van der Waals surface area contributed by atoms with Crippen molar-refractivity contribution in [3.8, 4) is 11.4 Å². The van der Waals surface area contributed by atoms with Gasteiger partial charge in [-0.2, -0.15) is 13.2 Å². The van der Waals surface area contributed by atoms with Crippen LogP contribution in [0.2, 0.25) is 5.02 Å². The van der Waals surface area contributed by atoms with Crippen LogP contribution in [0.1, 0.15) is 23.2 Å². The predicted octanol–water partition coefficient (Wildman–Crippen LogP) is 6.02. The maximum Gasteiger partial charge on any atom is 0.418 e. The first-order chi connectivity index (χ1) is 14.6. The molecule has 31 heavy (non-hydrogen) atoms. The molecule has 0 unspecified atom stereocenters. The summed E-state index contributed by atoms with van der Waals surface area (Å²) >= 11 is 5.82. The second-order valence-electron chi connectivity index (χ2n) is 6.59. The molecule has 0 fully saturated rings. The van der Waals surface area contributed by atoms with Gasteiger partial charge >= 0.3 is 12.1 Å². The summed E-state index contributed by atoms with van der Waals surface area (Å²) in [5, 5.41) is 9.06. The van der Waals surface area contributed by atoms with Crippen molar-refractivity contribution >= 4 is 17.6 Å². The van der Waals surface area contributed by atoms with Gasteiger partial charge in [0.1, 0.15) is 6.61 Å². The molecule has 0 aliphatic carbocycles. The van der Waals surface area contributed by atoms with Crippen LogP contribution in [0.15, 0.2) is 48.7 Å². The van der Waals surface area contributed by atoms with Gasteiger partial charge in [-0.05, 0) is 54.4 Å². The van der Waals surface area contributed by atoms with E-state index in [-0.39, 0.29) is 24.1 Å². The Morgan fingerprint density at radius 1 is 1.06 bits per heavy atom. The molecule has 0 atom stereocenters. The minimum atomic E-state index is -4.71. The Balaban J connectivity index is 1.91. The molecule has 0 saturated heterocycles. The number of carbonyl (C=O) groups is 1. The van der Waals surface area contributed by atoms with Gasteiger partial charge in [-0.15, -0.1) is 0 Å². The number of hydrogen-bond acceptors (Lipinski definition) is 2. The van der Waals surface area contributed by atoms with E-state index in [0.717, 1.165) is 18.2 Å². The van der Waals surface area contributed by atoms with Crippen LogP contribution >= 0.6 is 11.6 Å². The van der Waals surface area contributed by atoms with E-state index < -0.39 is 41.7 Å². The summed E-state index contributed by atoms with van der Waals surface area (Å²) in [6.45, 7) is -0.771. The van der Waals surface area contributed by atoms with Crippen molar-refractivity contribution in [3.63, 3.8) is 0 Å². The molecule has 0 spiro atoms. The minimum Gasteiger partial charge on any atom is -0.481 e. The molecule has 0 bridgehead atoms. The lowest BCUT2D eigenvalue weighted by Gasteiger charge is -2.15. The standard InChI is InChI=1S/C21H15ClF5NO3/c22-13-2-4-14(5-3-13)28-8-7-15(21(25,26)27)18(28)11-31-20-16(23)9-12(10-17(20)24)1-6-19(29)30/h2-5,7-10H,1,6,11H2,(H,29,30). The van der Waals surface area contributed by atoms with Crippen LogP contribution in [-0.2, 0) is 24.0 Å². The van der Waals surface area contributed by atoms with Crippen LogP contribution in [0.5, 0.6) is 5.75 Å². The summed E-state index contributed by atoms with van der Waals surface area (Å²) in [7, 11) is 0. The normalized spacial score (nSPS) is 11.5. The number of carboxylic acids is 1.